The Morgan fingerprint density at radius 2 is 2.29 bits per heavy atom. The van der Waals surface area contributed by atoms with Crippen LogP contribution in [0.3, 0.4) is 0 Å². The minimum atomic E-state index is 0.239. The van der Waals surface area contributed by atoms with Crippen molar-refractivity contribution in [1.82, 2.24) is 20.2 Å². The molecule has 3 rings (SSSR count). The van der Waals surface area contributed by atoms with E-state index in [1.54, 1.807) is 6.20 Å². The zero-order valence-electron chi connectivity index (χ0n) is 9.63. The lowest BCUT2D eigenvalue weighted by Gasteiger charge is -2.38. The number of rotatable bonds is 3. The number of nitrogens with zero attached hydrogens (tertiary/aromatic N) is 3. The lowest BCUT2D eigenvalue weighted by Crippen LogP contribution is -2.33. The fraction of sp³-hybridized carbons (Fsp3) is 0.545. The number of fused-ring (bicyclic) bond motifs is 1. The molecule has 1 aliphatic rings. The third kappa shape index (κ3) is 1.95. The first kappa shape index (κ1) is 10.8. The summed E-state index contributed by atoms with van der Waals surface area (Å²) in [5, 5.41) is 11.2. The number of hydrogen-bond acceptors (Lipinski definition) is 4. The second kappa shape index (κ2) is 3.84. The Morgan fingerprint density at radius 3 is 3.00 bits per heavy atom. The normalized spacial score (nSPS) is 18.0. The number of H-pyrrole nitrogens is 1. The highest BCUT2D eigenvalue weighted by molar-refractivity contribution is 6.28. The largest absolute Gasteiger partial charge is 0.369 e. The molecule has 90 valence electrons. The number of aromatic nitrogens is 4. The van der Waals surface area contributed by atoms with Crippen LogP contribution in [0.25, 0.3) is 11.0 Å². The first-order chi connectivity index (χ1) is 8.16. The summed E-state index contributed by atoms with van der Waals surface area (Å²) in [7, 11) is 0. The van der Waals surface area contributed by atoms with E-state index in [9.17, 15) is 0 Å². The zero-order valence-corrected chi connectivity index (χ0v) is 10.4. The number of nitrogens with one attached hydrogen (secondary N) is 2. The molecule has 0 atom stereocenters. The highest BCUT2D eigenvalue weighted by atomic mass is 35.5. The molecule has 0 bridgehead atoms. The van der Waals surface area contributed by atoms with Crippen LogP contribution in [0.2, 0.25) is 5.28 Å². The van der Waals surface area contributed by atoms with E-state index in [2.05, 4.69) is 32.4 Å². The maximum Gasteiger partial charge on any atom is 0.226 e. The first-order valence-corrected chi connectivity index (χ1v) is 6.15. The number of aromatic amines is 1. The molecular formula is C11H14ClN5. The fourth-order valence-electron chi connectivity index (χ4n) is 2.20. The Morgan fingerprint density at radius 1 is 1.47 bits per heavy atom. The number of hydrogen-bond donors (Lipinski definition) is 2. The Labute approximate surface area is 104 Å². The van der Waals surface area contributed by atoms with Gasteiger partial charge < -0.3 is 5.32 Å². The Kier molecular flexibility index (Phi) is 2.43. The third-order valence-electron chi connectivity index (χ3n) is 3.53. The third-order valence-corrected chi connectivity index (χ3v) is 3.69. The topological polar surface area (TPSA) is 66.5 Å². The summed E-state index contributed by atoms with van der Waals surface area (Å²) < 4.78 is 0. The van der Waals surface area contributed by atoms with Crippen LogP contribution >= 0.6 is 11.6 Å². The van der Waals surface area contributed by atoms with Crippen LogP contribution in [0.1, 0.15) is 26.2 Å². The average molecular weight is 252 g/mol. The molecule has 0 aromatic carbocycles. The molecule has 2 N–H and O–H groups in total. The van der Waals surface area contributed by atoms with E-state index in [1.807, 2.05) is 0 Å². The lowest BCUT2D eigenvalue weighted by molar-refractivity contribution is 0.180. The SMILES string of the molecule is CC1(CNc2nc(Cl)nc3[nH]ncc23)CCC1. The maximum absolute atomic E-state index is 5.87. The minimum Gasteiger partial charge on any atom is -0.369 e. The van der Waals surface area contributed by atoms with Crippen molar-refractivity contribution >= 4 is 28.5 Å². The molecule has 6 heteroatoms. The van der Waals surface area contributed by atoms with Gasteiger partial charge in [-0.2, -0.15) is 15.1 Å². The molecule has 1 fully saturated rings. The summed E-state index contributed by atoms with van der Waals surface area (Å²) in [5.74, 6) is 0.766. The molecule has 0 aliphatic heterocycles. The second-order valence-corrected chi connectivity index (χ2v) is 5.33. The van der Waals surface area contributed by atoms with Crippen LogP contribution in [0.5, 0.6) is 0 Å². The highest BCUT2D eigenvalue weighted by Gasteiger charge is 2.31. The number of anilines is 1. The molecule has 0 radical (unpaired) electrons. The van der Waals surface area contributed by atoms with Crippen LogP contribution in [0.4, 0.5) is 5.82 Å². The van der Waals surface area contributed by atoms with E-state index >= 15 is 0 Å². The monoisotopic (exact) mass is 251 g/mol. The quantitative estimate of drug-likeness (QED) is 0.823. The van der Waals surface area contributed by atoms with Crippen LogP contribution in [-0.4, -0.2) is 26.7 Å². The maximum atomic E-state index is 5.87. The summed E-state index contributed by atoms with van der Waals surface area (Å²) >= 11 is 5.87. The van der Waals surface area contributed by atoms with Gasteiger partial charge in [0.25, 0.3) is 0 Å². The Balaban J connectivity index is 1.86. The van der Waals surface area contributed by atoms with E-state index in [1.165, 1.54) is 19.3 Å². The summed E-state index contributed by atoms with van der Waals surface area (Å²) in [4.78, 5) is 8.29. The molecule has 2 aromatic heterocycles. The van der Waals surface area contributed by atoms with Gasteiger partial charge in [0.05, 0.1) is 11.6 Å². The number of halogens is 1. The van der Waals surface area contributed by atoms with E-state index in [-0.39, 0.29) is 5.28 Å². The van der Waals surface area contributed by atoms with E-state index < -0.39 is 0 Å². The standard InChI is InChI=1S/C11H14ClN5/c1-11(3-2-4-11)6-13-8-7-5-14-17-9(7)16-10(12)15-8/h5H,2-4,6H2,1H3,(H2,13,14,15,16,17). The van der Waals surface area contributed by atoms with Crippen LogP contribution < -0.4 is 5.32 Å². The first-order valence-electron chi connectivity index (χ1n) is 5.77. The van der Waals surface area contributed by atoms with Crippen LogP contribution in [0, 0.1) is 5.41 Å². The van der Waals surface area contributed by atoms with Gasteiger partial charge in [-0.25, -0.2) is 0 Å². The smallest absolute Gasteiger partial charge is 0.226 e. The van der Waals surface area contributed by atoms with Crippen molar-refractivity contribution in [1.29, 1.82) is 0 Å². The van der Waals surface area contributed by atoms with Crippen molar-refractivity contribution in [2.45, 2.75) is 26.2 Å². The van der Waals surface area contributed by atoms with Crippen molar-refractivity contribution in [2.75, 3.05) is 11.9 Å². The predicted octanol–water partition coefficient (Wildman–Crippen LogP) is 2.61. The van der Waals surface area contributed by atoms with Gasteiger partial charge >= 0.3 is 0 Å². The van der Waals surface area contributed by atoms with Gasteiger partial charge in [0, 0.05) is 6.54 Å². The van der Waals surface area contributed by atoms with Gasteiger partial charge in [-0.1, -0.05) is 13.3 Å². The molecule has 5 nitrogen and oxygen atoms in total. The molecule has 0 spiro atoms. The second-order valence-electron chi connectivity index (χ2n) is 4.99. The van der Waals surface area contributed by atoms with Crippen molar-refractivity contribution in [2.24, 2.45) is 5.41 Å². The molecule has 0 unspecified atom stereocenters. The van der Waals surface area contributed by atoms with Crippen molar-refractivity contribution in [3.63, 3.8) is 0 Å². The molecule has 0 amide bonds. The van der Waals surface area contributed by atoms with Gasteiger partial charge in [0.15, 0.2) is 5.65 Å². The Hall–Kier alpha value is -1.36. The summed E-state index contributed by atoms with van der Waals surface area (Å²) in [5.41, 5.74) is 1.07. The van der Waals surface area contributed by atoms with Gasteiger partial charge in [-0.15, -0.1) is 0 Å². The molecule has 2 aromatic rings. The minimum absolute atomic E-state index is 0.239. The van der Waals surface area contributed by atoms with E-state index in [0.29, 0.717) is 11.1 Å². The molecule has 2 heterocycles. The summed E-state index contributed by atoms with van der Waals surface area (Å²) in [6.07, 6.45) is 5.58. The van der Waals surface area contributed by atoms with Crippen molar-refractivity contribution < 1.29 is 0 Å². The van der Waals surface area contributed by atoms with Crippen molar-refractivity contribution in [3.8, 4) is 0 Å². The van der Waals surface area contributed by atoms with Crippen LogP contribution in [0.15, 0.2) is 6.20 Å². The van der Waals surface area contributed by atoms with E-state index in [4.69, 9.17) is 11.6 Å². The van der Waals surface area contributed by atoms with Gasteiger partial charge in [-0.05, 0) is 29.9 Å². The van der Waals surface area contributed by atoms with Gasteiger partial charge in [0.2, 0.25) is 5.28 Å². The van der Waals surface area contributed by atoms with Gasteiger partial charge in [-0.3, -0.25) is 5.10 Å². The molecular weight excluding hydrogens is 238 g/mol. The van der Waals surface area contributed by atoms with E-state index in [0.717, 1.165) is 17.7 Å². The average Bonchev–Trinajstić information content (AvgIpc) is 2.71. The van der Waals surface area contributed by atoms with Crippen molar-refractivity contribution in [3.05, 3.63) is 11.5 Å². The summed E-state index contributed by atoms with van der Waals surface area (Å²) in [6.45, 7) is 3.21. The predicted molar refractivity (Wildman–Crippen MR) is 67.1 cm³/mol. The summed E-state index contributed by atoms with van der Waals surface area (Å²) in [6, 6.07) is 0. The highest BCUT2D eigenvalue weighted by Crippen LogP contribution is 2.40. The zero-order chi connectivity index (χ0) is 11.9. The lowest BCUT2D eigenvalue weighted by atomic mass is 9.70. The fourth-order valence-corrected chi connectivity index (χ4v) is 2.37. The Bertz CT molecular complexity index is 546. The molecule has 0 saturated heterocycles. The molecule has 17 heavy (non-hydrogen) atoms. The molecule has 1 saturated carbocycles. The van der Waals surface area contributed by atoms with Gasteiger partial charge in [0.1, 0.15) is 5.82 Å². The molecule has 1 aliphatic carbocycles. The van der Waals surface area contributed by atoms with Crippen LogP contribution in [-0.2, 0) is 0 Å².